The van der Waals surface area contributed by atoms with Gasteiger partial charge < -0.3 is 10.2 Å². The molecule has 2 amide bonds. The molecule has 6 nitrogen and oxygen atoms in total. The lowest BCUT2D eigenvalue weighted by molar-refractivity contribution is -0.133. The molecule has 1 aliphatic heterocycles. The van der Waals surface area contributed by atoms with Gasteiger partial charge in [-0.1, -0.05) is 36.4 Å². The number of hydrogen-bond acceptors (Lipinski definition) is 4. The summed E-state index contributed by atoms with van der Waals surface area (Å²) in [5, 5.41) is 3.10. The quantitative estimate of drug-likeness (QED) is 0.606. The molecule has 2 aromatic heterocycles. The minimum absolute atomic E-state index is 0.0190. The summed E-state index contributed by atoms with van der Waals surface area (Å²) >= 11 is 0. The summed E-state index contributed by atoms with van der Waals surface area (Å²) in [7, 11) is 0. The van der Waals surface area contributed by atoms with Crippen molar-refractivity contribution in [3.63, 3.8) is 0 Å². The summed E-state index contributed by atoms with van der Waals surface area (Å²) in [5.74, 6) is 0.0552. The van der Waals surface area contributed by atoms with E-state index in [-0.39, 0.29) is 17.9 Å². The van der Waals surface area contributed by atoms with Crippen LogP contribution in [0, 0.1) is 5.41 Å². The summed E-state index contributed by atoms with van der Waals surface area (Å²) in [6.45, 7) is 4.94. The van der Waals surface area contributed by atoms with Gasteiger partial charge in [-0.15, -0.1) is 0 Å². The number of likely N-dealkylation sites (tertiary alicyclic amines) is 1. The topological polar surface area (TPSA) is 75.2 Å². The van der Waals surface area contributed by atoms with Crippen molar-refractivity contribution in [1.82, 2.24) is 20.2 Å². The van der Waals surface area contributed by atoms with Gasteiger partial charge in [0.25, 0.3) is 0 Å². The molecule has 1 fully saturated rings. The minimum Gasteiger partial charge on any atom is -0.353 e. The first-order chi connectivity index (χ1) is 15.9. The molecule has 1 aromatic carbocycles. The molecule has 0 unspecified atom stereocenters. The van der Waals surface area contributed by atoms with Crippen molar-refractivity contribution in [1.29, 1.82) is 0 Å². The molecular weight excluding hydrogens is 412 g/mol. The number of carbonyl (C=O) groups excluding carboxylic acids is 2. The van der Waals surface area contributed by atoms with E-state index in [2.05, 4.69) is 39.6 Å². The van der Waals surface area contributed by atoms with Gasteiger partial charge in [0, 0.05) is 43.9 Å². The Labute approximate surface area is 195 Å². The molecule has 3 aromatic rings. The third-order valence-electron chi connectivity index (χ3n) is 6.18. The van der Waals surface area contributed by atoms with E-state index in [0.717, 1.165) is 22.3 Å². The molecule has 4 rings (SSSR count). The summed E-state index contributed by atoms with van der Waals surface area (Å²) < 4.78 is 0. The van der Waals surface area contributed by atoms with Crippen LogP contribution in [-0.2, 0) is 22.4 Å². The summed E-state index contributed by atoms with van der Waals surface area (Å²) in [6.07, 6.45) is 8.56. The van der Waals surface area contributed by atoms with Crippen LogP contribution in [-0.4, -0.2) is 45.8 Å². The van der Waals surface area contributed by atoms with Crippen LogP contribution in [0.2, 0.25) is 0 Å². The zero-order valence-electron chi connectivity index (χ0n) is 19.2. The number of hydrogen-bond donors (Lipinski definition) is 1. The largest absolute Gasteiger partial charge is 0.353 e. The molecule has 0 aliphatic carbocycles. The van der Waals surface area contributed by atoms with Crippen molar-refractivity contribution < 1.29 is 9.59 Å². The average Bonchev–Trinajstić information content (AvgIpc) is 3.26. The standard InChI is InChI=1S/C27H30N4O2/c1-20(2)30-26(33)27(11-14-31(19-27)25(32)15-22-5-3-12-28-17-22)16-21-7-9-23(10-8-21)24-6-4-13-29-18-24/h3-10,12-13,17-18,20H,11,14-16,19H2,1-2H3,(H,30,33)/t27-/m0/s1. The van der Waals surface area contributed by atoms with Gasteiger partial charge in [-0.3, -0.25) is 19.6 Å². The first-order valence-electron chi connectivity index (χ1n) is 11.4. The highest BCUT2D eigenvalue weighted by Gasteiger charge is 2.46. The Morgan fingerprint density at radius 1 is 0.970 bits per heavy atom. The fourth-order valence-corrected chi connectivity index (χ4v) is 4.44. The highest BCUT2D eigenvalue weighted by molar-refractivity contribution is 5.86. The van der Waals surface area contributed by atoms with Gasteiger partial charge in [0.05, 0.1) is 11.8 Å². The molecule has 0 bridgehead atoms. The van der Waals surface area contributed by atoms with E-state index < -0.39 is 5.41 Å². The summed E-state index contributed by atoms with van der Waals surface area (Å²) in [4.78, 5) is 36.4. The Balaban J connectivity index is 1.51. The van der Waals surface area contributed by atoms with Crippen molar-refractivity contribution in [3.8, 4) is 11.1 Å². The molecule has 3 heterocycles. The van der Waals surface area contributed by atoms with Crippen LogP contribution >= 0.6 is 0 Å². The molecule has 1 aliphatic rings. The highest BCUT2D eigenvalue weighted by atomic mass is 16.2. The number of nitrogens with one attached hydrogen (secondary N) is 1. The molecular formula is C27H30N4O2. The number of benzene rings is 1. The van der Waals surface area contributed by atoms with E-state index in [4.69, 9.17) is 0 Å². The molecule has 33 heavy (non-hydrogen) atoms. The van der Waals surface area contributed by atoms with Crippen LogP contribution < -0.4 is 5.32 Å². The lowest BCUT2D eigenvalue weighted by atomic mass is 9.79. The number of pyridine rings is 2. The maximum atomic E-state index is 13.3. The number of nitrogens with zero attached hydrogens (tertiary/aromatic N) is 3. The number of amides is 2. The van der Waals surface area contributed by atoms with Gasteiger partial charge >= 0.3 is 0 Å². The Bertz CT molecular complexity index is 1080. The van der Waals surface area contributed by atoms with E-state index in [1.54, 1.807) is 18.6 Å². The van der Waals surface area contributed by atoms with Crippen molar-refractivity contribution in [2.45, 2.75) is 39.2 Å². The number of rotatable bonds is 7. The van der Waals surface area contributed by atoms with Crippen molar-refractivity contribution in [2.24, 2.45) is 5.41 Å². The molecule has 0 saturated carbocycles. The average molecular weight is 443 g/mol. The van der Waals surface area contributed by atoms with Crippen LogP contribution in [0.15, 0.2) is 73.3 Å². The Hall–Kier alpha value is -3.54. The smallest absolute Gasteiger partial charge is 0.228 e. The summed E-state index contributed by atoms with van der Waals surface area (Å²) in [6, 6.07) is 16.0. The normalized spacial score (nSPS) is 17.8. The lowest BCUT2D eigenvalue weighted by Crippen LogP contribution is -2.47. The molecule has 0 radical (unpaired) electrons. The predicted molar refractivity (Wildman–Crippen MR) is 128 cm³/mol. The van der Waals surface area contributed by atoms with Gasteiger partial charge in [-0.2, -0.15) is 0 Å². The number of carbonyl (C=O) groups is 2. The lowest BCUT2D eigenvalue weighted by Gasteiger charge is -2.29. The fraction of sp³-hybridized carbons (Fsp3) is 0.333. The van der Waals surface area contributed by atoms with Crippen molar-refractivity contribution in [3.05, 3.63) is 84.4 Å². The minimum atomic E-state index is -0.634. The van der Waals surface area contributed by atoms with Crippen LogP contribution in [0.5, 0.6) is 0 Å². The third kappa shape index (κ3) is 5.45. The predicted octanol–water partition coefficient (Wildman–Crippen LogP) is 3.67. The molecule has 6 heteroatoms. The van der Waals surface area contributed by atoms with Crippen LogP contribution in [0.3, 0.4) is 0 Å². The van der Waals surface area contributed by atoms with E-state index in [0.29, 0.717) is 32.4 Å². The fourth-order valence-electron chi connectivity index (χ4n) is 4.44. The Morgan fingerprint density at radius 2 is 1.70 bits per heavy atom. The van der Waals surface area contributed by atoms with E-state index in [1.807, 2.05) is 49.2 Å². The van der Waals surface area contributed by atoms with E-state index >= 15 is 0 Å². The van der Waals surface area contributed by atoms with Gasteiger partial charge in [0.1, 0.15) is 0 Å². The Kier molecular flexibility index (Phi) is 6.82. The van der Waals surface area contributed by atoms with Crippen molar-refractivity contribution in [2.75, 3.05) is 13.1 Å². The molecule has 170 valence electrons. The Morgan fingerprint density at radius 3 is 2.33 bits per heavy atom. The monoisotopic (exact) mass is 442 g/mol. The van der Waals surface area contributed by atoms with Gasteiger partial charge in [-0.25, -0.2) is 0 Å². The molecule has 1 N–H and O–H groups in total. The van der Waals surface area contributed by atoms with Crippen LogP contribution in [0.1, 0.15) is 31.4 Å². The molecule has 0 spiro atoms. The third-order valence-corrected chi connectivity index (χ3v) is 6.18. The summed E-state index contributed by atoms with van der Waals surface area (Å²) in [5.41, 5.74) is 3.49. The van der Waals surface area contributed by atoms with Crippen LogP contribution in [0.25, 0.3) is 11.1 Å². The van der Waals surface area contributed by atoms with E-state index in [9.17, 15) is 9.59 Å². The first kappa shape index (κ1) is 22.6. The first-order valence-corrected chi connectivity index (χ1v) is 11.4. The molecule has 1 saturated heterocycles. The second kappa shape index (κ2) is 9.94. The second-order valence-electron chi connectivity index (χ2n) is 9.13. The SMILES string of the molecule is CC(C)NC(=O)[C@]1(Cc2ccc(-c3cccnc3)cc2)CCN(C(=O)Cc2cccnc2)C1. The highest BCUT2D eigenvalue weighted by Crippen LogP contribution is 2.36. The van der Waals surface area contributed by atoms with Crippen LogP contribution in [0.4, 0.5) is 0 Å². The maximum Gasteiger partial charge on any atom is 0.228 e. The zero-order chi connectivity index (χ0) is 23.3. The van der Waals surface area contributed by atoms with Crippen molar-refractivity contribution >= 4 is 11.8 Å². The maximum absolute atomic E-state index is 13.3. The number of aromatic nitrogens is 2. The molecule has 1 atom stereocenters. The van der Waals surface area contributed by atoms with Gasteiger partial charge in [0.2, 0.25) is 11.8 Å². The zero-order valence-corrected chi connectivity index (χ0v) is 19.2. The second-order valence-corrected chi connectivity index (χ2v) is 9.13. The van der Waals surface area contributed by atoms with Gasteiger partial charge in [0.15, 0.2) is 0 Å². The van der Waals surface area contributed by atoms with E-state index in [1.165, 1.54) is 0 Å². The van der Waals surface area contributed by atoms with Gasteiger partial charge in [-0.05, 0) is 61.1 Å².